The number of rotatable bonds is 6. The van der Waals surface area contributed by atoms with Gasteiger partial charge in [0.1, 0.15) is 11.3 Å². The third kappa shape index (κ3) is 5.55. The second-order valence-corrected chi connectivity index (χ2v) is 8.57. The van der Waals surface area contributed by atoms with Crippen LogP contribution in [0.4, 0.5) is 0 Å². The summed E-state index contributed by atoms with van der Waals surface area (Å²) in [5, 5.41) is 4.14. The van der Waals surface area contributed by atoms with Crippen molar-refractivity contribution in [3.63, 3.8) is 0 Å². The molecule has 1 amide bonds. The number of benzene rings is 2. The Morgan fingerprint density at radius 3 is 2.63 bits per heavy atom. The molecule has 1 fully saturated rings. The van der Waals surface area contributed by atoms with Crippen LogP contribution in [0.2, 0.25) is 0 Å². The van der Waals surface area contributed by atoms with Crippen LogP contribution in [0, 0.1) is 6.92 Å². The Morgan fingerprint density at radius 1 is 0.971 bits per heavy atom. The van der Waals surface area contributed by atoms with Gasteiger partial charge in [-0.3, -0.25) is 9.69 Å². The quantitative estimate of drug-likeness (QED) is 0.409. The number of amides is 1. The maximum absolute atomic E-state index is 13.4. The number of hydrogen-bond acceptors (Lipinski definition) is 7. The molecule has 2 aromatic carbocycles. The Kier molecular flexibility index (Phi) is 6.81. The lowest BCUT2D eigenvalue weighted by molar-refractivity contribution is 0.0757. The molecule has 5 rings (SSSR count). The van der Waals surface area contributed by atoms with Crippen LogP contribution in [0.15, 0.2) is 77.4 Å². The van der Waals surface area contributed by atoms with Crippen LogP contribution in [0.25, 0.3) is 11.5 Å². The number of hydrogen-bond donors (Lipinski definition) is 0. The van der Waals surface area contributed by atoms with Crippen LogP contribution in [0.5, 0.6) is 11.6 Å². The molecular formula is C27H27N5O3. The Morgan fingerprint density at radius 2 is 1.80 bits per heavy atom. The Labute approximate surface area is 204 Å². The van der Waals surface area contributed by atoms with Crippen molar-refractivity contribution in [3.8, 4) is 23.1 Å². The smallest absolute Gasteiger partial charge is 0.259 e. The molecule has 0 bridgehead atoms. The summed E-state index contributed by atoms with van der Waals surface area (Å²) in [5.41, 5.74) is 2.51. The van der Waals surface area contributed by atoms with Gasteiger partial charge in [0.15, 0.2) is 5.82 Å². The third-order valence-corrected chi connectivity index (χ3v) is 5.97. The molecule has 3 heterocycles. The number of pyridine rings is 1. The molecule has 0 spiro atoms. The number of aromatic nitrogens is 3. The molecule has 0 N–H and O–H groups in total. The summed E-state index contributed by atoms with van der Waals surface area (Å²) in [4.78, 5) is 26.4. The Balaban J connectivity index is 1.22. The summed E-state index contributed by atoms with van der Waals surface area (Å²) in [6, 6.07) is 21.0. The molecule has 4 aromatic rings. The van der Waals surface area contributed by atoms with Gasteiger partial charge in [-0.15, -0.1) is 0 Å². The van der Waals surface area contributed by atoms with Crippen molar-refractivity contribution in [2.24, 2.45) is 0 Å². The average Bonchev–Trinajstić information content (AvgIpc) is 3.23. The van der Waals surface area contributed by atoms with Crippen molar-refractivity contribution in [1.82, 2.24) is 24.9 Å². The van der Waals surface area contributed by atoms with Gasteiger partial charge in [0.25, 0.3) is 11.8 Å². The lowest BCUT2D eigenvalue weighted by Gasteiger charge is -2.22. The number of ether oxygens (including phenoxy) is 1. The summed E-state index contributed by atoms with van der Waals surface area (Å²) >= 11 is 0. The lowest BCUT2D eigenvalue weighted by atomic mass is 10.2. The van der Waals surface area contributed by atoms with E-state index in [1.165, 1.54) is 0 Å². The van der Waals surface area contributed by atoms with Crippen molar-refractivity contribution < 1.29 is 14.1 Å². The van der Waals surface area contributed by atoms with Gasteiger partial charge in [0.05, 0.1) is 6.54 Å². The highest BCUT2D eigenvalue weighted by Gasteiger charge is 2.24. The fourth-order valence-electron chi connectivity index (χ4n) is 4.07. The van der Waals surface area contributed by atoms with E-state index in [-0.39, 0.29) is 5.91 Å². The van der Waals surface area contributed by atoms with Crippen LogP contribution < -0.4 is 4.74 Å². The van der Waals surface area contributed by atoms with Crippen molar-refractivity contribution in [3.05, 3.63) is 89.9 Å². The van der Waals surface area contributed by atoms with Gasteiger partial charge in [-0.25, -0.2) is 4.98 Å². The summed E-state index contributed by atoms with van der Waals surface area (Å²) < 4.78 is 11.4. The minimum atomic E-state index is -0.0759. The first-order valence-corrected chi connectivity index (χ1v) is 11.7. The molecule has 1 aliphatic heterocycles. The Hall–Kier alpha value is -4.04. The molecule has 0 aliphatic carbocycles. The minimum Gasteiger partial charge on any atom is -0.438 e. The van der Waals surface area contributed by atoms with Gasteiger partial charge in [-0.1, -0.05) is 41.1 Å². The second-order valence-electron chi connectivity index (χ2n) is 8.57. The van der Waals surface area contributed by atoms with E-state index in [0.717, 1.165) is 30.6 Å². The lowest BCUT2D eigenvalue weighted by Crippen LogP contribution is -2.35. The maximum Gasteiger partial charge on any atom is 0.259 e. The van der Waals surface area contributed by atoms with Gasteiger partial charge in [0, 0.05) is 37.9 Å². The summed E-state index contributed by atoms with van der Waals surface area (Å²) in [6.45, 7) is 5.42. The molecule has 1 saturated heterocycles. The van der Waals surface area contributed by atoms with Gasteiger partial charge in [-0.05, 0) is 49.7 Å². The zero-order valence-electron chi connectivity index (χ0n) is 19.6. The number of carbonyl (C=O) groups excluding carboxylic acids is 1. The van der Waals surface area contributed by atoms with Crippen molar-refractivity contribution in [2.75, 3.05) is 26.2 Å². The van der Waals surface area contributed by atoms with E-state index in [1.54, 1.807) is 18.3 Å². The highest BCUT2D eigenvalue weighted by Crippen LogP contribution is 2.25. The molecule has 0 radical (unpaired) electrons. The van der Waals surface area contributed by atoms with Crippen molar-refractivity contribution in [2.45, 2.75) is 19.9 Å². The topological polar surface area (TPSA) is 84.6 Å². The van der Waals surface area contributed by atoms with E-state index in [2.05, 4.69) is 20.0 Å². The number of carbonyl (C=O) groups is 1. The first-order chi connectivity index (χ1) is 17.2. The number of nitrogens with zero attached hydrogens (tertiary/aromatic N) is 5. The molecule has 8 nitrogen and oxygen atoms in total. The van der Waals surface area contributed by atoms with Gasteiger partial charge in [0.2, 0.25) is 5.88 Å². The molecular weight excluding hydrogens is 442 g/mol. The molecule has 0 atom stereocenters. The molecule has 178 valence electrons. The summed E-state index contributed by atoms with van der Waals surface area (Å²) in [5.74, 6) is 2.06. The minimum absolute atomic E-state index is 0.0759. The second kappa shape index (κ2) is 10.5. The summed E-state index contributed by atoms with van der Waals surface area (Å²) in [6.07, 6.45) is 2.49. The summed E-state index contributed by atoms with van der Waals surface area (Å²) in [7, 11) is 0. The predicted molar refractivity (Wildman–Crippen MR) is 131 cm³/mol. The van der Waals surface area contributed by atoms with E-state index >= 15 is 0 Å². The van der Waals surface area contributed by atoms with Crippen LogP contribution >= 0.6 is 0 Å². The largest absolute Gasteiger partial charge is 0.438 e. The molecule has 2 aromatic heterocycles. The molecule has 35 heavy (non-hydrogen) atoms. The molecule has 8 heteroatoms. The SMILES string of the molecule is Cc1ccc(Oc2ncccc2C(=O)N2CCCN(Cc3noc(-c4ccccc4)n3)CC2)cc1. The van der Waals surface area contributed by atoms with Crippen molar-refractivity contribution in [1.29, 1.82) is 0 Å². The maximum atomic E-state index is 13.4. The van der Waals surface area contributed by atoms with Crippen LogP contribution in [-0.4, -0.2) is 57.0 Å². The average molecular weight is 470 g/mol. The zero-order chi connectivity index (χ0) is 24.0. The fourth-order valence-corrected chi connectivity index (χ4v) is 4.07. The van der Waals surface area contributed by atoms with Crippen LogP contribution in [0.1, 0.15) is 28.2 Å². The number of aryl methyl sites for hydroxylation is 1. The normalized spacial score (nSPS) is 14.5. The molecule has 1 aliphatic rings. The monoisotopic (exact) mass is 469 g/mol. The van der Waals surface area contributed by atoms with E-state index in [1.807, 2.05) is 66.4 Å². The van der Waals surface area contributed by atoms with E-state index < -0.39 is 0 Å². The predicted octanol–water partition coefficient (Wildman–Crippen LogP) is 4.58. The first-order valence-electron chi connectivity index (χ1n) is 11.7. The molecule has 0 unspecified atom stereocenters. The van der Waals surface area contributed by atoms with Crippen LogP contribution in [-0.2, 0) is 6.54 Å². The van der Waals surface area contributed by atoms with Gasteiger partial charge in [-0.2, -0.15) is 4.98 Å². The standard InChI is InChI=1S/C27H27N5O3/c1-20-10-12-22(13-11-20)34-26-23(9-5-14-28-26)27(33)32-16-6-15-31(17-18-32)19-24-29-25(35-30-24)21-7-3-2-4-8-21/h2-5,7-14H,6,15-19H2,1H3. The van der Waals surface area contributed by atoms with Crippen molar-refractivity contribution >= 4 is 5.91 Å². The fraction of sp³-hybridized carbons (Fsp3) is 0.259. The van der Waals surface area contributed by atoms with Gasteiger partial charge >= 0.3 is 0 Å². The highest BCUT2D eigenvalue weighted by molar-refractivity contribution is 5.96. The first kappa shape index (κ1) is 22.7. The Bertz CT molecular complexity index is 1270. The highest BCUT2D eigenvalue weighted by atomic mass is 16.5. The van der Waals surface area contributed by atoms with E-state index in [0.29, 0.717) is 48.5 Å². The molecule has 0 saturated carbocycles. The van der Waals surface area contributed by atoms with E-state index in [9.17, 15) is 4.79 Å². The van der Waals surface area contributed by atoms with Crippen LogP contribution in [0.3, 0.4) is 0 Å². The van der Waals surface area contributed by atoms with E-state index in [4.69, 9.17) is 9.26 Å². The zero-order valence-corrected chi connectivity index (χ0v) is 19.6. The third-order valence-electron chi connectivity index (χ3n) is 5.97. The van der Waals surface area contributed by atoms with Gasteiger partial charge < -0.3 is 14.2 Å².